The van der Waals surface area contributed by atoms with E-state index in [2.05, 4.69) is 64.3 Å². The van der Waals surface area contributed by atoms with Crippen LogP contribution in [0, 0.1) is 6.92 Å². The summed E-state index contributed by atoms with van der Waals surface area (Å²) in [6.07, 6.45) is 3.46. The van der Waals surface area contributed by atoms with Crippen LogP contribution in [0.1, 0.15) is 41.8 Å². The summed E-state index contributed by atoms with van der Waals surface area (Å²) >= 11 is 5.36. The molecule has 0 aliphatic carbocycles. The molecule has 21 heavy (non-hydrogen) atoms. The highest BCUT2D eigenvalue weighted by Gasteiger charge is 2.13. The molecule has 1 atom stereocenters. The lowest BCUT2D eigenvalue weighted by atomic mass is 9.93. The Hall–Kier alpha value is -0.710. The quantitative estimate of drug-likeness (QED) is 0.669. The van der Waals surface area contributed by atoms with Crippen LogP contribution in [0.25, 0.3) is 0 Å². The zero-order chi connectivity index (χ0) is 15.1. The van der Waals surface area contributed by atoms with E-state index in [0.717, 1.165) is 30.4 Å². The van der Waals surface area contributed by atoms with E-state index in [4.69, 9.17) is 0 Å². The van der Waals surface area contributed by atoms with Crippen molar-refractivity contribution in [3.8, 4) is 0 Å². The number of benzene rings is 1. The summed E-state index contributed by atoms with van der Waals surface area (Å²) < 4.78 is 1.16. The Bertz CT molecular complexity index is 553. The molecule has 2 nitrogen and oxygen atoms in total. The first kappa shape index (κ1) is 16.7. The van der Waals surface area contributed by atoms with Crippen LogP contribution in [0.5, 0.6) is 0 Å². The molecular weight excluding hydrogens is 344 g/mol. The minimum Gasteiger partial charge on any atom is -0.316 e. The number of aromatic nitrogens is 1. The Morgan fingerprint density at radius 1 is 1.38 bits per heavy atom. The Balaban J connectivity index is 2.03. The van der Waals surface area contributed by atoms with Crippen LogP contribution in [0.3, 0.4) is 0 Å². The summed E-state index contributed by atoms with van der Waals surface area (Å²) in [5.74, 6) is 0.551. The molecule has 0 amide bonds. The average molecular weight is 367 g/mol. The smallest absolute Gasteiger partial charge is 0.0797 e. The number of hydrogen-bond donors (Lipinski definition) is 1. The van der Waals surface area contributed by atoms with Crippen LogP contribution < -0.4 is 5.32 Å². The first-order chi connectivity index (χ1) is 10.2. The molecule has 0 aliphatic heterocycles. The van der Waals surface area contributed by atoms with Gasteiger partial charge in [0.15, 0.2) is 0 Å². The average Bonchev–Trinajstić information content (AvgIpc) is 2.88. The van der Waals surface area contributed by atoms with E-state index in [0.29, 0.717) is 5.92 Å². The number of nitrogens with one attached hydrogen (secondary N) is 1. The normalized spacial score (nSPS) is 12.5. The van der Waals surface area contributed by atoms with Gasteiger partial charge in [-0.3, -0.25) is 0 Å². The molecule has 2 aromatic rings. The fourth-order valence-electron chi connectivity index (χ4n) is 2.47. The van der Waals surface area contributed by atoms with E-state index in [1.165, 1.54) is 22.6 Å². The molecule has 0 saturated heterocycles. The van der Waals surface area contributed by atoms with Crippen molar-refractivity contribution < 1.29 is 0 Å². The molecule has 0 aliphatic rings. The van der Waals surface area contributed by atoms with E-state index in [1.807, 2.05) is 5.51 Å². The molecule has 0 radical (unpaired) electrons. The van der Waals surface area contributed by atoms with Crippen molar-refractivity contribution >= 4 is 27.3 Å². The molecule has 1 unspecified atom stereocenters. The first-order valence-electron chi connectivity index (χ1n) is 7.55. The molecule has 0 saturated carbocycles. The minimum absolute atomic E-state index is 0.551. The molecule has 0 fully saturated rings. The molecule has 1 aromatic heterocycles. The molecular formula is C17H23BrN2S. The maximum absolute atomic E-state index is 4.35. The van der Waals surface area contributed by atoms with Gasteiger partial charge in [-0.25, -0.2) is 4.98 Å². The van der Waals surface area contributed by atoms with Gasteiger partial charge in [-0.2, -0.15) is 0 Å². The lowest BCUT2D eigenvalue weighted by molar-refractivity contribution is 0.549. The van der Waals surface area contributed by atoms with Crippen LogP contribution in [-0.4, -0.2) is 18.1 Å². The maximum atomic E-state index is 4.35. The summed E-state index contributed by atoms with van der Waals surface area (Å²) in [4.78, 5) is 5.77. The number of hydrogen-bond acceptors (Lipinski definition) is 3. The number of halogens is 1. The second-order valence-electron chi connectivity index (χ2n) is 5.36. The SMILES string of the molecule is CCCNCC(CCc1scnc1C)c1cccc(Br)c1. The molecule has 1 aromatic carbocycles. The highest BCUT2D eigenvalue weighted by molar-refractivity contribution is 9.10. The molecule has 1 heterocycles. The fraction of sp³-hybridized carbons (Fsp3) is 0.471. The third-order valence-electron chi connectivity index (χ3n) is 3.70. The Labute approximate surface area is 140 Å². The summed E-state index contributed by atoms with van der Waals surface area (Å²) in [5, 5.41) is 3.57. The lowest BCUT2D eigenvalue weighted by Gasteiger charge is -2.18. The van der Waals surface area contributed by atoms with Gasteiger partial charge in [0.1, 0.15) is 0 Å². The standard InChI is InChI=1S/C17H23BrN2S/c1-3-9-19-11-15(14-5-4-6-16(18)10-14)7-8-17-13(2)20-12-21-17/h4-6,10,12,15,19H,3,7-9,11H2,1-2H3. The van der Waals surface area contributed by atoms with Gasteiger partial charge in [0.2, 0.25) is 0 Å². The number of nitrogens with zero attached hydrogens (tertiary/aromatic N) is 1. The minimum atomic E-state index is 0.551. The van der Waals surface area contributed by atoms with E-state index < -0.39 is 0 Å². The number of aryl methyl sites for hydroxylation is 2. The monoisotopic (exact) mass is 366 g/mol. The van der Waals surface area contributed by atoms with Gasteiger partial charge in [-0.15, -0.1) is 11.3 Å². The van der Waals surface area contributed by atoms with Crippen molar-refractivity contribution in [3.05, 3.63) is 50.4 Å². The zero-order valence-corrected chi connectivity index (χ0v) is 15.1. The summed E-state index contributed by atoms with van der Waals surface area (Å²) in [7, 11) is 0. The lowest BCUT2D eigenvalue weighted by Crippen LogP contribution is -2.22. The molecule has 0 bridgehead atoms. The molecule has 0 spiro atoms. The number of thiazole rings is 1. The van der Waals surface area contributed by atoms with Crippen molar-refractivity contribution in [1.82, 2.24) is 10.3 Å². The molecule has 1 N–H and O–H groups in total. The second kappa shape index (κ2) is 8.66. The maximum Gasteiger partial charge on any atom is 0.0797 e. The van der Waals surface area contributed by atoms with Gasteiger partial charge in [-0.1, -0.05) is 35.0 Å². The second-order valence-corrected chi connectivity index (χ2v) is 7.21. The van der Waals surface area contributed by atoms with E-state index in [-0.39, 0.29) is 0 Å². The summed E-state index contributed by atoms with van der Waals surface area (Å²) in [5.41, 5.74) is 4.55. The van der Waals surface area contributed by atoms with Gasteiger partial charge in [0, 0.05) is 15.9 Å². The van der Waals surface area contributed by atoms with Gasteiger partial charge >= 0.3 is 0 Å². The van der Waals surface area contributed by atoms with Crippen molar-refractivity contribution in [2.75, 3.05) is 13.1 Å². The van der Waals surface area contributed by atoms with Crippen molar-refractivity contribution in [3.63, 3.8) is 0 Å². The third kappa shape index (κ3) is 5.20. The van der Waals surface area contributed by atoms with E-state index in [9.17, 15) is 0 Å². The van der Waals surface area contributed by atoms with Crippen LogP contribution in [0.2, 0.25) is 0 Å². The topological polar surface area (TPSA) is 24.9 Å². The first-order valence-corrected chi connectivity index (χ1v) is 9.23. The highest BCUT2D eigenvalue weighted by atomic mass is 79.9. The van der Waals surface area contributed by atoms with Gasteiger partial charge in [0.05, 0.1) is 11.2 Å². The zero-order valence-electron chi connectivity index (χ0n) is 12.7. The predicted octanol–water partition coefficient (Wildman–Crippen LogP) is 4.93. The summed E-state index contributed by atoms with van der Waals surface area (Å²) in [6.45, 7) is 6.45. The van der Waals surface area contributed by atoms with Crippen molar-refractivity contribution in [2.45, 2.75) is 39.0 Å². The number of rotatable bonds is 8. The van der Waals surface area contributed by atoms with Crippen LogP contribution >= 0.6 is 27.3 Å². The largest absolute Gasteiger partial charge is 0.316 e. The van der Waals surface area contributed by atoms with E-state index in [1.54, 1.807) is 11.3 Å². The van der Waals surface area contributed by atoms with E-state index >= 15 is 0 Å². The molecule has 2 rings (SSSR count). The Kier molecular flexibility index (Phi) is 6.87. The van der Waals surface area contributed by atoms with Crippen molar-refractivity contribution in [2.24, 2.45) is 0 Å². The third-order valence-corrected chi connectivity index (χ3v) is 5.19. The van der Waals surface area contributed by atoms with Crippen LogP contribution in [-0.2, 0) is 6.42 Å². The van der Waals surface area contributed by atoms with Gasteiger partial charge < -0.3 is 5.32 Å². The van der Waals surface area contributed by atoms with Gasteiger partial charge in [0.25, 0.3) is 0 Å². The van der Waals surface area contributed by atoms with Gasteiger partial charge in [-0.05, 0) is 56.3 Å². The van der Waals surface area contributed by atoms with Crippen LogP contribution in [0.4, 0.5) is 0 Å². The Morgan fingerprint density at radius 2 is 2.24 bits per heavy atom. The predicted molar refractivity (Wildman–Crippen MR) is 95.2 cm³/mol. The highest BCUT2D eigenvalue weighted by Crippen LogP contribution is 2.26. The Morgan fingerprint density at radius 3 is 2.90 bits per heavy atom. The van der Waals surface area contributed by atoms with Crippen LogP contribution in [0.15, 0.2) is 34.2 Å². The molecule has 114 valence electrons. The summed E-state index contributed by atoms with van der Waals surface area (Å²) in [6, 6.07) is 8.71. The fourth-order valence-corrected chi connectivity index (χ4v) is 3.69. The molecule has 4 heteroatoms. The van der Waals surface area contributed by atoms with Crippen molar-refractivity contribution in [1.29, 1.82) is 0 Å².